The maximum absolute atomic E-state index is 13.0. The zero-order valence-corrected chi connectivity index (χ0v) is 9.24. The molecule has 0 amide bonds. The van der Waals surface area contributed by atoms with E-state index in [2.05, 4.69) is 0 Å². The number of carbonyl (C=O) groups is 1. The van der Waals surface area contributed by atoms with Gasteiger partial charge in [-0.3, -0.25) is 14.9 Å². The molecule has 0 N–H and O–H groups in total. The lowest BCUT2D eigenvalue weighted by Gasteiger charge is -2.00. The molecule has 6 heteroatoms. The van der Waals surface area contributed by atoms with Crippen LogP contribution in [-0.4, -0.2) is 10.7 Å². The van der Waals surface area contributed by atoms with Gasteiger partial charge in [-0.05, 0) is 35.6 Å². The first kappa shape index (κ1) is 11.0. The Bertz CT molecular complexity index is 380. The quantitative estimate of drug-likeness (QED) is 0.365. The highest BCUT2D eigenvalue weighted by Crippen LogP contribution is 2.24. The van der Waals surface area contributed by atoms with Crippen molar-refractivity contribution in [2.75, 3.05) is 0 Å². The van der Waals surface area contributed by atoms with Gasteiger partial charge >= 0.3 is 0 Å². The van der Waals surface area contributed by atoms with Crippen molar-refractivity contribution in [3.05, 3.63) is 37.2 Å². The minimum atomic E-state index is -0.696. The molecule has 0 fully saturated rings. The van der Waals surface area contributed by atoms with Crippen molar-refractivity contribution in [2.24, 2.45) is 0 Å². The number of hydrogen-bond donors (Lipinski definition) is 0. The van der Waals surface area contributed by atoms with E-state index >= 15 is 0 Å². The van der Waals surface area contributed by atoms with Crippen molar-refractivity contribution in [1.82, 2.24) is 0 Å². The SMILES string of the molecule is CC(=O)c1cc(F)c(I)cc1[N+](=O)[O-]. The summed E-state index contributed by atoms with van der Waals surface area (Å²) in [4.78, 5) is 20.8. The molecule has 0 saturated carbocycles. The molecule has 0 aliphatic heterocycles. The van der Waals surface area contributed by atoms with Gasteiger partial charge in [0.15, 0.2) is 5.78 Å². The van der Waals surface area contributed by atoms with Crippen LogP contribution < -0.4 is 0 Å². The number of nitrogens with zero attached hydrogens (tertiary/aromatic N) is 1. The van der Waals surface area contributed by atoms with Crippen LogP contribution in [0.1, 0.15) is 17.3 Å². The van der Waals surface area contributed by atoms with Gasteiger partial charge in [0.2, 0.25) is 0 Å². The number of hydrogen-bond acceptors (Lipinski definition) is 3. The van der Waals surface area contributed by atoms with Crippen LogP contribution in [0.15, 0.2) is 12.1 Å². The van der Waals surface area contributed by atoms with Crippen LogP contribution in [-0.2, 0) is 0 Å². The average Bonchev–Trinajstić information content (AvgIpc) is 2.08. The summed E-state index contributed by atoms with van der Waals surface area (Å²) in [6.45, 7) is 1.16. The normalized spacial score (nSPS) is 9.93. The van der Waals surface area contributed by atoms with Gasteiger partial charge in [-0.2, -0.15) is 0 Å². The van der Waals surface area contributed by atoms with Gasteiger partial charge in [0.25, 0.3) is 5.69 Å². The van der Waals surface area contributed by atoms with Gasteiger partial charge in [0, 0.05) is 6.07 Å². The number of carbonyl (C=O) groups excluding carboxylic acids is 1. The molecule has 4 nitrogen and oxygen atoms in total. The highest BCUT2D eigenvalue weighted by molar-refractivity contribution is 14.1. The molecule has 0 aliphatic rings. The number of Topliss-reactive ketones (excluding diaryl/α,β-unsaturated/α-hetero) is 1. The molecule has 14 heavy (non-hydrogen) atoms. The first-order valence-electron chi connectivity index (χ1n) is 3.58. The lowest BCUT2D eigenvalue weighted by atomic mass is 10.1. The maximum Gasteiger partial charge on any atom is 0.281 e. The smallest absolute Gasteiger partial charge is 0.281 e. The van der Waals surface area contributed by atoms with Crippen LogP contribution in [0, 0.1) is 19.5 Å². The Balaban J connectivity index is 3.46. The number of benzene rings is 1. The second kappa shape index (κ2) is 3.99. The summed E-state index contributed by atoms with van der Waals surface area (Å²) in [5, 5.41) is 10.5. The van der Waals surface area contributed by atoms with Crippen LogP contribution in [0.25, 0.3) is 0 Å². The molecule has 74 valence electrons. The van der Waals surface area contributed by atoms with E-state index in [0.717, 1.165) is 19.1 Å². The number of rotatable bonds is 2. The van der Waals surface area contributed by atoms with Crippen molar-refractivity contribution in [2.45, 2.75) is 6.92 Å². The van der Waals surface area contributed by atoms with Crippen molar-refractivity contribution >= 4 is 34.1 Å². The number of halogens is 2. The zero-order valence-electron chi connectivity index (χ0n) is 7.08. The Morgan fingerprint density at radius 3 is 2.57 bits per heavy atom. The third-order valence-corrected chi connectivity index (χ3v) is 2.44. The molecule has 0 heterocycles. The number of nitro groups is 1. The van der Waals surface area contributed by atoms with Gasteiger partial charge in [0.05, 0.1) is 14.1 Å². The van der Waals surface area contributed by atoms with Crippen LogP contribution in [0.2, 0.25) is 0 Å². The Hall–Kier alpha value is -1.05. The lowest BCUT2D eigenvalue weighted by molar-refractivity contribution is -0.385. The molecule has 0 aromatic heterocycles. The Labute approximate surface area is 92.4 Å². The average molecular weight is 309 g/mol. The molecular weight excluding hydrogens is 304 g/mol. The summed E-state index contributed by atoms with van der Waals surface area (Å²) in [6, 6.07) is 1.94. The first-order chi connectivity index (χ1) is 6.43. The Kier molecular flexibility index (Phi) is 3.14. The second-order valence-electron chi connectivity index (χ2n) is 2.60. The monoisotopic (exact) mass is 309 g/mol. The van der Waals surface area contributed by atoms with Crippen LogP contribution >= 0.6 is 22.6 Å². The topological polar surface area (TPSA) is 60.2 Å². The molecule has 0 bridgehead atoms. The van der Waals surface area contributed by atoms with E-state index < -0.39 is 16.5 Å². The summed E-state index contributed by atoms with van der Waals surface area (Å²) in [6.07, 6.45) is 0. The third-order valence-electron chi connectivity index (χ3n) is 1.61. The van der Waals surface area contributed by atoms with Crippen molar-refractivity contribution in [1.29, 1.82) is 0 Å². The van der Waals surface area contributed by atoms with Crippen LogP contribution in [0.4, 0.5) is 10.1 Å². The fourth-order valence-corrected chi connectivity index (χ4v) is 1.42. The van der Waals surface area contributed by atoms with E-state index in [4.69, 9.17) is 0 Å². The molecular formula is C8H5FINO3. The second-order valence-corrected chi connectivity index (χ2v) is 3.76. The molecule has 1 aromatic carbocycles. The minimum absolute atomic E-state index is 0.124. The summed E-state index contributed by atoms with van der Waals surface area (Å²) in [5.74, 6) is -1.14. The van der Waals surface area contributed by atoms with Gasteiger partial charge < -0.3 is 0 Å². The van der Waals surface area contributed by atoms with E-state index in [-0.39, 0.29) is 14.8 Å². The third kappa shape index (κ3) is 2.06. The Morgan fingerprint density at radius 1 is 1.57 bits per heavy atom. The Morgan fingerprint density at radius 2 is 2.14 bits per heavy atom. The summed E-state index contributed by atoms with van der Waals surface area (Å²) in [7, 11) is 0. The highest BCUT2D eigenvalue weighted by Gasteiger charge is 2.20. The first-order valence-corrected chi connectivity index (χ1v) is 4.65. The van der Waals surface area contributed by atoms with Crippen molar-refractivity contribution in [3.63, 3.8) is 0 Å². The van der Waals surface area contributed by atoms with E-state index in [1.165, 1.54) is 0 Å². The standard InChI is InChI=1S/C8H5FINO3/c1-4(12)5-2-6(9)7(10)3-8(5)11(13)14/h2-3H,1H3. The van der Waals surface area contributed by atoms with Crippen molar-refractivity contribution in [3.8, 4) is 0 Å². The van der Waals surface area contributed by atoms with Crippen LogP contribution in [0.3, 0.4) is 0 Å². The maximum atomic E-state index is 13.0. The van der Waals surface area contributed by atoms with Gasteiger partial charge in [-0.1, -0.05) is 0 Å². The van der Waals surface area contributed by atoms with Gasteiger partial charge in [-0.25, -0.2) is 4.39 Å². The summed E-state index contributed by atoms with van der Waals surface area (Å²) < 4.78 is 13.1. The number of ketones is 1. The van der Waals surface area contributed by atoms with Crippen LogP contribution in [0.5, 0.6) is 0 Å². The van der Waals surface area contributed by atoms with Gasteiger partial charge in [-0.15, -0.1) is 0 Å². The molecule has 0 atom stereocenters. The van der Waals surface area contributed by atoms with Gasteiger partial charge in [0.1, 0.15) is 5.82 Å². The fraction of sp³-hybridized carbons (Fsp3) is 0.125. The number of nitro benzene ring substituents is 1. The predicted octanol–water partition coefficient (Wildman–Crippen LogP) is 2.54. The predicted molar refractivity (Wildman–Crippen MR) is 55.8 cm³/mol. The molecule has 0 aliphatic carbocycles. The molecule has 0 radical (unpaired) electrons. The fourth-order valence-electron chi connectivity index (χ4n) is 0.969. The molecule has 0 saturated heterocycles. The summed E-state index contributed by atoms with van der Waals surface area (Å²) in [5.41, 5.74) is -0.559. The lowest BCUT2D eigenvalue weighted by Crippen LogP contribution is -2.02. The highest BCUT2D eigenvalue weighted by atomic mass is 127. The van der Waals surface area contributed by atoms with E-state index in [1.807, 2.05) is 0 Å². The zero-order chi connectivity index (χ0) is 10.9. The van der Waals surface area contributed by atoms with Crippen molar-refractivity contribution < 1.29 is 14.1 Å². The summed E-state index contributed by atoms with van der Waals surface area (Å²) >= 11 is 1.63. The molecule has 0 spiro atoms. The molecule has 0 unspecified atom stereocenters. The minimum Gasteiger partial charge on any atom is -0.294 e. The van der Waals surface area contributed by atoms with E-state index in [9.17, 15) is 19.3 Å². The van der Waals surface area contributed by atoms with E-state index in [1.54, 1.807) is 22.6 Å². The molecule has 1 aromatic rings. The largest absolute Gasteiger partial charge is 0.294 e. The van der Waals surface area contributed by atoms with E-state index in [0.29, 0.717) is 0 Å². The molecule has 1 rings (SSSR count).